The summed E-state index contributed by atoms with van der Waals surface area (Å²) >= 11 is 0. The maximum absolute atomic E-state index is 12.5. The van der Waals surface area contributed by atoms with Crippen molar-refractivity contribution in [3.05, 3.63) is 41.5 Å². The number of benzene rings is 1. The molecule has 0 radical (unpaired) electrons. The van der Waals surface area contributed by atoms with Gasteiger partial charge in [-0.2, -0.15) is 13.2 Å². The summed E-state index contributed by atoms with van der Waals surface area (Å²) in [6.07, 6.45) is 0.0422. The minimum atomic E-state index is -4.25. The Labute approximate surface area is 106 Å². The van der Waals surface area contributed by atoms with Crippen LogP contribution >= 0.6 is 0 Å². The molecule has 0 unspecified atom stereocenters. The van der Waals surface area contributed by atoms with E-state index in [1.807, 2.05) is 0 Å². The standard InChI is InChI=1S/C15H17F3/c1-10(2)13-4-3-5-14(13)11-6-8-12(9-7-11)15(16,17)18/h5-10,13H,3-4H2,1-2H3/t13-/m1/s1. The Kier molecular flexibility index (Phi) is 3.51. The zero-order valence-corrected chi connectivity index (χ0v) is 10.6. The Morgan fingerprint density at radius 2 is 1.72 bits per heavy atom. The van der Waals surface area contributed by atoms with Crippen molar-refractivity contribution in [1.82, 2.24) is 0 Å². The normalized spacial score (nSPS) is 20.3. The molecule has 0 N–H and O–H groups in total. The van der Waals surface area contributed by atoms with Gasteiger partial charge in [0.25, 0.3) is 0 Å². The van der Waals surface area contributed by atoms with E-state index in [0.717, 1.165) is 18.4 Å². The Hall–Kier alpha value is -1.25. The first-order valence-electron chi connectivity index (χ1n) is 6.27. The molecular weight excluding hydrogens is 237 g/mol. The lowest BCUT2D eigenvalue weighted by molar-refractivity contribution is -0.137. The van der Waals surface area contributed by atoms with Crippen LogP contribution in [0.25, 0.3) is 5.57 Å². The van der Waals surface area contributed by atoms with Crippen LogP contribution in [0.3, 0.4) is 0 Å². The summed E-state index contributed by atoms with van der Waals surface area (Å²) in [4.78, 5) is 0. The van der Waals surface area contributed by atoms with Gasteiger partial charge in [0.2, 0.25) is 0 Å². The lowest BCUT2D eigenvalue weighted by Gasteiger charge is -2.19. The zero-order valence-electron chi connectivity index (χ0n) is 10.6. The van der Waals surface area contributed by atoms with Crippen molar-refractivity contribution >= 4 is 5.57 Å². The molecular formula is C15H17F3. The number of hydrogen-bond acceptors (Lipinski definition) is 0. The summed E-state index contributed by atoms with van der Waals surface area (Å²) in [5.74, 6) is 1.00. The quantitative estimate of drug-likeness (QED) is 0.684. The molecule has 0 aromatic heterocycles. The fourth-order valence-electron chi connectivity index (χ4n) is 2.60. The molecule has 0 nitrogen and oxygen atoms in total. The molecule has 0 saturated carbocycles. The van der Waals surface area contributed by atoms with Crippen LogP contribution < -0.4 is 0 Å². The van der Waals surface area contributed by atoms with E-state index in [-0.39, 0.29) is 0 Å². The van der Waals surface area contributed by atoms with Crippen LogP contribution in [0.2, 0.25) is 0 Å². The molecule has 1 aromatic carbocycles. The SMILES string of the molecule is CC(C)[C@H]1CCC=C1c1ccc(C(F)(F)F)cc1. The Bertz CT molecular complexity index is 438. The van der Waals surface area contributed by atoms with Gasteiger partial charge in [-0.3, -0.25) is 0 Å². The zero-order chi connectivity index (χ0) is 13.3. The third kappa shape index (κ3) is 2.60. The molecule has 0 spiro atoms. The second-order valence-corrected chi connectivity index (χ2v) is 5.16. The molecule has 3 heteroatoms. The van der Waals surface area contributed by atoms with Gasteiger partial charge in [0.1, 0.15) is 0 Å². The van der Waals surface area contributed by atoms with Gasteiger partial charge in [0, 0.05) is 0 Å². The van der Waals surface area contributed by atoms with Crippen molar-refractivity contribution < 1.29 is 13.2 Å². The molecule has 2 rings (SSSR count). The van der Waals surface area contributed by atoms with Crippen molar-refractivity contribution in [2.75, 3.05) is 0 Å². The van der Waals surface area contributed by atoms with Gasteiger partial charge in [0.05, 0.1) is 5.56 Å². The first-order chi connectivity index (χ1) is 8.39. The van der Waals surface area contributed by atoms with Crippen LogP contribution in [0.4, 0.5) is 13.2 Å². The molecule has 1 aromatic rings. The predicted molar refractivity (Wildman–Crippen MR) is 67.0 cm³/mol. The predicted octanol–water partition coefficient (Wildman–Crippen LogP) is 5.15. The topological polar surface area (TPSA) is 0 Å². The first-order valence-corrected chi connectivity index (χ1v) is 6.27. The molecule has 98 valence electrons. The van der Waals surface area contributed by atoms with Gasteiger partial charge in [-0.05, 0) is 47.9 Å². The van der Waals surface area contributed by atoms with Crippen LogP contribution in [0.1, 0.15) is 37.8 Å². The molecule has 0 bridgehead atoms. The third-order valence-corrected chi connectivity index (χ3v) is 3.59. The molecule has 0 amide bonds. The highest BCUT2D eigenvalue weighted by atomic mass is 19.4. The molecule has 0 aliphatic heterocycles. The highest BCUT2D eigenvalue weighted by Gasteiger charge is 2.30. The summed E-state index contributed by atoms with van der Waals surface area (Å²) in [7, 11) is 0. The fraction of sp³-hybridized carbons (Fsp3) is 0.467. The largest absolute Gasteiger partial charge is 0.416 e. The molecule has 0 saturated heterocycles. The lowest BCUT2D eigenvalue weighted by Crippen LogP contribution is -2.08. The molecule has 18 heavy (non-hydrogen) atoms. The first kappa shape index (κ1) is 13.2. The fourth-order valence-corrected chi connectivity index (χ4v) is 2.60. The van der Waals surface area contributed by atoms with E-state index in [9.17, 15) is 13.2 Å². The van der Waals surface area contributed by atoms with Crippen molar-refractivity contribution in [2.24, 2.45) is 11.8 Å². The average Bonchev–Trinajstić information content (AvgIpc) is 2.77. The van der Waals surface area contributed by atoms with Crippen molar-refractivity contribution in [3.8, 4) is 0 Å². The Morgan fingerprint density at radius 3 is 2.22 bits per heavy atom. The monoisotopic (exact) mass is 254 g/mol. The highest BCUT2D eigenvalue weighted by molar-refractivity contribution is 5.69. The second kappa shape index (κ2) is 4.79. The molecule has 0 heterocycles. The van der Waals surface area contributed by atoms with E-state index >= 15 is 0 Å². The molecule has 1 aliphatic carbocycles. The number of alkyl halides is 3. The van der Waals surface area contributed by atoms with Gasteiger partial charge in [0.15, 0.2) is 0 Å². The molecule has 1 aliphatic rings. The summed E-state index contributed by atoms with van der Waals surface area (Å²) < 4.78 is 37.5. The minimum absolute atomic E-state index is 0.474. The highest BCUT2D eigenvalue weighted by Crippen LogP contribution is 2.39. The van der Waals surface area contributed by atoms with Crippen molar-refractivity contribution in [1.29, 1.82) is 0 Å². The van der Waals surface area contributed by atoms with Gasteiger partial charge in [-0.1, -0.05) is 32.1 Å². The second-order valence-electron chi connectivity index (χ2n) is 5.16. The maximum atomic E-state index is 12.5. The number of allylic oxidation sites excluding steroid dienone is 2. The number of halogens is 3. The van der Waals surface area contributed by atoms with Crippen LogP contribution in [0.15, 0.2) is 30.3 Å². The summed E-state index contributed by atoms with van der Waals surface area (Å²) in [5.41, 5.74) is 1.56. The Morgan fingerprint density at radius 1 is 1.11 bits per heavy atom. The van der Waals surface area contributed by atoms with Gasteiger partial charge < -0.3 is 0 Å². The van der Waals surface area contributed by atoms with E-state index in [4.69, 9.17) is 0 Å². The van der Waals surface area contributed by atoms with Crippen LogP contribution in [-0.2, 0) is 6.18 Å². The van der Waals surface area contributed by atoms with Crippen LogP contribution in [0, 0.1) is 11.8 Å². The van der Waals surface area contributed by atoms with Crippen molar-refractivity contribution in [3.63, 3.8) is 0 Å². The summed E-state index contributed by atoms with van der Waals surface area (Å²) in [6.45, 7) is 4.32. The molecule has 1 atom stereocenters. The van der Waals surface area contributed by atoms with E-state index < -0.39 is 11.7 Å². The Balaban J connectivity index is 2.25. The minimum Gasteiger partial charge on any atom is -0.166 e. The van der Waals surface area contributed by atoms with E-state index in [1.54, 1.807) is 12.1 Å². The van der Waals surface area contributed by atoms with E-state index in [2.05, 4.69) is 19.9 Å². The molecule has 0 fully saturated rings. The number of rotatable bonds is 2. The van der Waals surface area contributed by atoms with E-state index in [0.29, 0.717) is 11.8 Å². The smallest absolute Gasteiger partial charge is 0.166 e. The summed E-state index contributed by atoms with van der Waals surface area (Å²) in [5, 5.41) is 0. The summed E-state index contributed by atoms with van der Waals surface area (Å²) in [6, 6.07) is 5.53. The van der Waals surface area contributed by atoms with Crippen LogP contribution in [0.5, 0.6) is 0 Å². The average molecular weight is 254 g/mol. The maximum Gasteiger partial charge on any atom is 0.416 e. The van der Waals surface area contributed by atoms with Crippen LogP contribution in [-0.4, -0.2) is 0 Å². The number of hydrogen-bond donors (Lipinski definition) is 0. The van der Waals surface area contributed by atoms with E-state index in [1.165, 1.54) is 17.7 Å². The lowest BCUT2D eigenvalue weighted by atomic mass is 9.86. The third-order valence-electron chi connectivity index (χ3n) is 3.59. The van der Waals surface area contributed by atoms with Crippen molar-refractivity contribution in [2.45, 2.75) is 32.9 Å². The van der Waals surface area contributed by atoms with Gasteiger partial charge >= 0.3 is 6.18 Å². The van der Waals surface area contributed by atoms with Gasteiger partial charge in [-0.15, -0.1) is 0 Å². The van der Waals surface area contributed by atoms with Gasteiger partial charge in [-0.25, -0.2) is 0 Å².